The van der Waals surface area contributed by atoms with Crippen molar-refractivity contribution in [3.8, 4) is 0 Å². The molecule has 1 heterocycles. The topological polar surface area (TPSA) is 59.1 Å². The molecule has 0 fully saturated rings. The maximum Gasteiger partial charge on any atom is 0.242 e. The summed E-state index contributed by atoms with van der Waals surface area (Å²) in [6.07, 6.45) is 0. The van der Waals surface area contributed by atoms with E-state index in [2.05, 4.69) is 25.6 Å². The second-order valence-corrected chi connectivity index (χ2v) is 7.16. The third-order valence-electron chi connectivity index (χ3n) is 2.11. The van der Waals surface area contributed by atoms with Gasteiger partial charge in [-0.2, -0.15) is 0 Å². The van der Waals surface area contributed by atoms with Gasteiger partial charge in [0, 0.05) is 9.85 Å². The smallest absolute Gasteiger partial charge is 0.242 e. The molecule has 0 saturated carbocycles. The average molecular weight is 368 g/mol. The number of hydrogen-bond donors (Lipinski definition) is 1. The Hall–Kier alpha value is -0.470. The lowest BCUT2D eigenvalue weighted by Gasteiger charge is -2.07. The summed E-state index contributed by atoms with van der Waals surface area (Å²) in [5.41, 5.74) is 2.33. The Morgan fingerprint density at radius 2 is 2.22 bits per heavy atom. The van der Waals surface area contributed by atoms with Gasteiger partial charge in [0.25, 0.3) is 0 Å². The van der Waals surface area contributed by atoms with E-state index in [1.807, 2.05) is 0 Å². The third-order valence-corrected chi connectivity index (χ3v) is 5.12. The van der Waals surface area contributed by atoms with Gasteiger partial charge in [-0.05, 0) is 18.2 Å². The second kappa shape index (κ2) is 5.66. The molecule has 0 amide bonds. The number of halogens is 2. The van der Waals surface area contributed by atoms with Crippen LogP contribution in [0.1, 0.15) is 5.69 Å². The fourth-order valence-corrected chi connectivity index (χ4v) is 3.86. The second-order valence-electron chi connectivity index (χ2n) is 3.38. The highest BCUT2D eigenvalue weighted by Gasteiger charge is 2.17. The van der Waals surface area contributed by atoms with Gasteiger partial charge in [0.05, 0.1) is 22.8 Å². The zero-order valence-electron chi connectivity index (χ0n) is 8.93. The van der Waals surface area contributed by atoms with E-state index in [1.165, 1.54) is 17.4 Å². The van der Waals surface area contributed by atoms with Crippen molar-refractivity contribution >= 4 is 48.9 Å². The van der Waals surface area contributed by atoms with Crippen molar-refractivity contribution < 1.29 is 8.42 Å². The largest absolute Gasteiger partial charge is 0.248 e. The summed E-state index contributed by atoms with van der Waals surface area (Å²) in [7, 11) is -3.62. The van der Waals surface area contributed by atoms with E-state index in [0.717, 1.165) is 4.47 Å². The van der Waals surface area contributed by atoms with Gasteiger partial charge in [-0.3, -0.25) is 0 Å². The summed E-state index contributed by atoms with van der Waals surface area (Å²) in [4.78, 5) is 4.06. The van der Waals surface area contributed by atoms with Gasteiger partial charge < -0.3 is 0 Å². The molecule has 0 saturated heterocycles. The first-order valence-corrected chi connectivity index (χ1v) is 8.40. The van der Waals surface area contributed by atoms with Crippen molar-refractivity contribution in [3.05, 3.63) is 44.3 Å². The molecule has 0 aliphatic rings. The first-order valence-electron chi connectivity index (χ1n) is 4.81. The van der Waals surface area contributed by atoms with Crippen LogP contribution in [0.2, 0.25) is 5.02 Å². The van der Waals surface area contributed by atoms with Crippen LogP contribution in [0.3, 0.4) is 0 Å². The number of thiazole rings is 1. The molecule has 96 valence electrons. The van der Waals surface area contributed by atoms with Crippen LogP contribution in [0.5, 0.6) is 0 Å². The van der Waals surface area contributed by atoms with Crippen molar-refractivity contribution in [1.82, 2.24) is 9.71 Å². The molecule has 1 aromatic heterocycles. The quantitative estimate of drug-likeness (QED) is 0.903. The van der Waals surface area contributed by atoms with Gasteiger partial charge in [-0.1, -0.05) is 27.5 Å². The van der Waals surface area contributed by atoms with Crippen LogP contribution in [0.4, 0.5) is 0 Å². The standard InChI is InChI=1S/C10H8BrClN2O2S2/c11-7-1-2-10(9(12)3-7)18(15,16)14-4-8-5-17-6-13-8/h1-3,5-6,14H,4H2. The molecule has 0 aliphatic heterocycles. The summed E-state index contributed by atoms with van der Waals surface area (Å²) in [5, 5.41) is 1.96. The molecule has 0 bridgehead atoms. The molecule has 1 aromatic carbocycles. The molecular formula is C10H8BrClN2O2S2. The zero-order chi connectivity index (χ0) is 13.2. The number of rotatable bonds is 4. The summed E-state index contributed by atoms with van der Waals surface area (Å²) in [6.45, 7) is 0.151. The van der Waals surface area contributed by atoms with Gasteiger partial charge >= 0.3 is 0 Å². The monoisotopic (exact) mass is 366 g/mol. The summed E-state index contributed by atoms with van der Waals surface area (Å²) in [6, 6.07) is 4.62. The predicted molar refractivity (Wildman–Crippen MR) is 75.3 cm³/mol. The first kappa shape index (κ1) is 14.0. The molecule has 0 unspecified atom stereocenters. The Balaban J connectivity index is 2.20. The molecule has 8 heteroatoms. The maximum atomic E-state index is 12.0. The number of sulfonamides is 1. The van der Waals surface area contributed by atoms with Crippen molar-refractivity contribution in [3.63, 3.8) is 0 Å². The van der Waals surface area contributed by atoms with E-state index in [0.29, 0.717) is 5.69 Å². The zero-order valence-corrected chi connectivity index (χ0v) is 12.9. The number of benzene rings is 1. The Bertz CT molecular complexity index is 644. The number of aromatic nitrogens is 1. The third kappa shape index (κ3) is 3.30. The van der Waals surface area contributed by atoms with E-state index in [1.54, 1.807) is 23.0 Å². The lowest BCUT2D eigenvalue weighted by atomic mass is 10.4. The van der Waals surface area contributed by atoms with E-state index >= 15 is 0 Å². The highest BCUT2D eigenvalue weighted by atomic mass is 79.9. The van der Waals surface area contributed by atoms with Crippen molar-refractivity contribution in [2.45, 2.75) is 11.4 Å². The molecule has 2 rings (SSSR count). The molecule has 0 radical (unpaired) electrons. The van der Waals surface area contributed by atoms with Gasteiger partial charge in [0.1, 0.15) is 4.90 Å². The number of nitrogens with one attached hydrogen (secondary N) is 1. The Labute approximate surface area is 122 Å². The highest BCUT2D eigenvalue weighted by molar-refractivity contribution is 9.10. The van der Waals surface area contributed by atoms with Gasteiger partial charge in [-0.25, -0.2) is 18.1 Å². The van der Waals surface area contributed by atoms with E-state index in [9.17, 15) is 8.42 Å². The van der Waals surface area contributed by atoms with Gasteiger partial charge in [-0.15, -0.1) is 11.3 Å². The van der Waals surface area contributed by atoms with Crippen molar-refractivity contribution in [1.29, 1.82) is 0 Å². The Kier molecular flexibility index (Phi) is 4.39. The lowest BCUT2D eigenvalue weighted by molar-refractivity contribution is 0.580. The van der Waals surface area contributed by atoms with Crippen LogP contribution in [0.15, 0.2) is 38.5 Å². The van der Waals surface area contributed by atoms with E-state index in [4.69, 9.17) is 11.6 Å². The predicted octanol–water partition coefficient (Wildman–Crippen LogP) is 3.04. The fraction of sp³-hybridized carbons (Fsp3) is 0.100. The van der Waals surface area contributed by atoms with Crippen molar-refractivity contribution in [2.75, 3.05) is 0 Å². The van der Waals surface area contributed by atoms with E-state index in [-0.39, 0.29) is 16.5 Å². The van der Waals surface area contributed by atoms with Crippen LogP contribution >= 0.6 is 38.9 Å². The summed E-state index contributed by atoms with van der Waals surface area (Å²) in [5.74, 6) is 0. The van der Waals surface area contributed by atoms with Crippen LogP contribution in [0.25, 0.3) is 0 Å². The molecule has 1 N–H and O–H groups in total. The fourth-order valence-electron chi connectivity index (χ4n) is 1.26. The van der Waals surface area contributed by atoms with Crippen LogP contribution in [-0.2, 0) is 16.6 Å². The number of hydrogen-bond acceptors (Lipinski definition) is 4. The summed E-state index contributed by atoms with van der Waals surface area (Å²) < 4.78 is 27.2. The van der Waals surface area contributed by atoms with Crippen LogP contribution in [0, 0.1) is 0 Å². The molecule has 0 atom stereocenters. The van der Waals surface area contributed by atoms with Gasteiger partial charge in [0.2, 0.25) is 10.0 Å². The molecule has 0 spiro atoms. The van der Waals surface area contributed by atoms with Gasteiger partial charge in [0.15, 0.2) is 0 Å². The average Bonchev–Trinajstić information content (AvgIpc) is 2.78. The molecular weight excluding hydrogens is 360 g/mol. The minimum atomic E-state index is -3.62. The molecule has 2 aromatic rings. The van der Waals surface area contributed by atoms with E-state index < -0.39 is 10.0 Å². The van der Waals surface area contributed by atoms with Crippen LogP contribution < -0.4 is 4.72 Å². The normalized spacial score (nSPS) is 11.7. The first-order chi connectivity index (χ1) is 8.49. The Morgan fingerprint density at radius 3 is 2.83 bits per heavy atom. The maximum absolute atomic E-state index is 12.0. The SMILES string of the molecule is O=S(=O)(NCc1cscn1)c1ccc(Br)cc1Cl. The number of nitrogens with zero attached hydrogens (tertiary/aromatic N) is 1. The van der Waals surface area contributed by atoms with Crippen LogP contribution in [-0.4, -0.2) is 13.4 Å². The summed E-state index contributed by atoms with van der Waals surface area (Å²) >= 11 is 10.6. The Morgan fingerprint density at radius 1 is 1.44 bits per heavy atom. The lowest BCUT2D eigenvalue weighted by Crippen LogP contribution is -2.23. The molecule has 18 heavy (non-hydrogen) atoms. The minimum absolute atomic E-state index is 0.0580. The molecule has 0 aliphatic carbocycles. The van der Waals surface area contributed by atoms with Crippen molar-refractivity contribution in [2.24, 2.45) is 0 Å². The molecule has 4 nitrogen and oxygen atoms in total. The highest BCUT2D eigenvalue weighted by Crippen LogP contribution is 2.25. The minimum Gasteiger partial charge on any atom is -0.248 e.